The van der Waals surface area contributed by atoms with Crippen molar-refractivity contribution in [3.8, 4) is 0 Å². The average molecular weight is 519 g/mol. The van der Waals surface area contributed by atoms with Crippen LogP contribution in [0, 0.1) is 0 Å². The average Bonchev–Trinajstić information content (AvgIpc) is 2.58. The second-order valence-corrected chi connectivity index (χ2v) is 9.45. The first-order valence-corrected chi connectivity index (χ1v) is 10.6. The lowest BCUT2D eigenvalue weighted by Crippen LogP contribution is -2.50. The number of carbonyl (C=O) groups is 1. The molecule has 1 heterocycles. The van der Waals surface area contributed by atoms with Crippen molar-refractivity contribution in [1.29, 1.82) is 0 Å². The Bertz CT molecular complexity index is 649. The van der Waals surface area contributed by atoms with Crippen LogP contribution in [0.4, 0.5) is 10.5 Å². The molecule has 6 nitrogen and oxygen atoms in total. The summed E-state index contributed by atoms with van der Waals surface area (Å²) < 4.78 is 0.248. The van der Waals surface area contributed by atoms with Gasteiger partial charge in [0, 0.05) is 41.9 Å². The van der Waals surface area contributed by atoms with Crippen LogP contribution < -0.4 is 16.0 Å². The summed E-state index contributed by atoms with van der Waals surface area (Å²) in [4.78, 5) is 18.9. The molecule has 0 aromatic heterocycles. The van der Waals surface area contributed by atoms with Gasteiger partial charge in [0.15, 0.2) is 5.96 Å². The van der Waals surface area contributed by atoms with Gasteiger partial charge in [0.25, 0.3) is 0 Å². The number of aliphatic imine (C=N–C) groups is 1. The van der Waals surface area contributed by atoms with Crippen LogP contribution in [0.5, 0.6) is 0 Å². The summed E-state index contributed by atoms with van der Waals surface area (Å²) in [7, 11) is 0. The van der Waals surface area contributed by atoms with Crippen LogP contribution in [-0.4, -0.2) is 53.1 Å². The molecule has 8 heteroatoms. The zero-order chi connectivity index (χ0) is 19.9. The quantitative estimate of drug-likeness (QED) is 0.311. The molecule has 0 unspecified atom stereocenters. The molecule has 0 aliphatic carbocycles. The van der Waals surface area contributed by atoms with Crippen LogP contribution in [-0.2, 0) is 6.54 Å². The molecule has 2 rings (SSSR count). The number of urea groups is 1. The maximum Gasteiger partial charge on any atom is 0.319 e. The van der Waals surface area contributed by atoms with Crippen LogP contribution in [0.15, 0.2) is 29.3 Å². The predicted octanol–water partition coefficient (Wildman–Crippen LogP) is 4.13. The number of carbonyl (C=O) groups excluding carboxylic acids is 1. The van der Waals surface area contributed by atoms with Crippen molar-refractivity contribution in [2.24, 2.45) is 4.99 Å². The van der Waals surface area contributed by atoms with E-state index in [1.165, 1.54) is 0 Å². The van der Waals surface area contributed by atoms with Gasteiger partial charge in [0.05, 0.1) is 6.54 Å². The van der Waals surface area contributed by atoms with Crippen molar-refractivity contribution in [1.82, 2.24) is 15.5 Å². The van der Waals surface area contributed by atoms with Crippen molar-refractivity contribution in [2.75, 3.05) is 30.7 Å². The molecule has 0 atom stereocenters. The molecule has 28 heavy (non-hydrogen) atoms. The van der Waals surface area contributed by atoms with Gasteiger partial charge in [-0.05, 0) is 52.3 Å². The Labute approximate surface area is 190 Å². The molecule has 1 aromatic rings. The molecule has 0 bridgehead atoms. The van der Waals surface area contributed by atoms with E-state index in [9.17, 15) is 4.79 Å². The predicted molar refractivity (Wildman–Crippen MR) is 132 cm³/mol. The molecule has 0 spiro atoms. The van der Waals surface area contributed by atoms with E-state index in [4.69, 9.17) is 4.99 Å². The second kappa shape index (κ2) is 11.7. The maximum atomic E-state index is 11.8. The van der Waals surface area contributed by atoms with Crippen molar-refractivity contribution in [3.63, 3.8) is 0 Å². The number of benzene rings is 1. The minimum absolute atomic E-state index is 0. The van der Waals surface area contributed by atoms with Crippen LogP contribution in [0.25, 0.3) is 0 Å². The third-order valence-corrected chi connectivity index (χ3v) is 5.40. The summed E-state index contributed by atoms with van der Waals surface area (Å²) in [6.07, 6.45) is 0. The zero-order valence-electron chi connectivity index (χ0n) is 17.5. The van der Waals surface area contributed by atoms with Gasteiger partial charge in [-0.25, -0.2) is 9.79 Å². The van der Waals surface area contributed by atoms with Crippen molar-refractivity contribution < 1.29 is 4.79 Å². The number of hydrogen-bond donors (Lipinski definition) is 3. The van der Waals surface area contributed by atoms with E-state index >= 15 is 0 Å². The van der Waals surface area contributed by atoms with Gasteiger partial charge in [0.1, 0.15) is 0 Å². The molecule has 0 radical (unpaired) electrons. The lowest BCUT2D eigenvalue weighted by Gasteiger charge is -2.39. The largest absolute Gasteiger partial charge is 0.357 e. The zero-order valence-corrected chi connectivity index (χ0v) is 20.7. The molecular weight excluding hydrogens is 485 g/mol. The summed E-state index contributed by atoms with van der Waals surface area (Å²) in [6.45, 7) is 14.0. The van der Waals surface area contributed by atoms with Gasteiger partial charge >= 0.3 is 6.03 Å². The van der Waals surface area contributed by atoms with Crippen molar-refractivity contribution >= 4 is 53.4 Å². The Morgan fingerprint density at radius 2 is 1.96 bits per heavy atom. The number of amides is 2. The van der Waals surface area contributed by atoms with Crippen LogP contribution in [0.2, 0.25) is 0 Å². The molecule has 0 saturated carbocycles. The van der Waals surface area contributed by atoms with E-state index in [0.717, 1.165) is 42.6 Å². The topological polar surface area (TPSA) is 68.8 Å². The van der Waals surface area contributed by atoms with Gasteiger partial charge in [-0.2, -0.15) is 11.8 Å². The van der Waals surface area contributed by atoms with E-state index in [1.54, 1.807) is 0 Å². The lowest BCUT2D eigenvalue weighted by atomic mass is 10.2. The van der Waals surface area contributed by atoms with Crippen molar-refractivity contribution in [2.45, 2.75) is 52.0 Å². The molecule has 1 aliphatic rings. The van der Waals surface area contributed by atoms with Gasteiger partial charge in [-0.3, -0.25) is 0 Å². The number of hydrogen-bond acceptors (Lipinski definition) is 3. The number of rotatable bonds is 5. The first-order chi connectivity index (χ1) is 12.8. The highest BCUT2D eigenvalue weighted by Crippen LogP contribution is 2.29. The minimum Gasteiger partial charge on any atom is -0.357 e. The fourth-order valence-electron chi connectivity index (χ4n) is 2.91. The number of anilines is 1. The fraction of sp³-hybridized carbons (Fsp3) is 0.600. The van der Waals surface area contributed by atoms with Crippen LogP contribution >= 0.6 is 35.7 Å². The van der Waals surface area contributed by atoms with E-state index in [0.29, 0.717) is 6.54 Å². The number of nitrogens with one attached hydrogen (secondary N) is 3. The number of guanidine groups is 1. The summed E-state index contributed by atoms with van der Waals surface area (Å²) in [5, 5.41) is 9.07. The molecule has 1 saturated heterocycles. The Morgan fingerprint density at radius 1 is 1.29 bits per heavy atom. The molecule has 3 N–H and O–H groups in total. The first-order valence-electron chi connectivity index (χ1n) is 9.63. The van der Waals surface area contributed by atoms with Gasteiger partial charge in [0.2, 0.25) is 0 Å². The Morgan fingerprint density at radius 3 is 2.54 bits per heavy atom. The second-order valence-electron chi connectivity index (χ2n) is 7.65. The van der Waals surface area contributed by atoms with Crippen molar-refractivity contribution in [3.05, 3.63) is 29.8 Å². The summed E-state index contributed by atoms with van der Waals surface area (Å²) >= 11 is 2.02. The Hall–Kier alpha value is -1.16. The molecular formula is C20H34IN5OS. The number of thioether (sulfide) groups is 1. The molecule has 2 amide bonds. The highest BCUT2D eigenvalue weighted by atomic mass is 127. The van der Waals surface area contributed by atoms with Crippen LogP contribution in [0.3, 0.4) is 0 Å². The number of halogens is 1. The van der Waals surface area contributed by atoms with Gasteiger partial charge < -0.3 is 20.9 Å². The molecule has 1 fully saturated rings. The highest BCUT2D eigenvalue weighted by molar-refractivity contribution is 14.0. The molecule has 1 aliphatic heterocycles. The summed E-state index contributed by atoms with van der Waals surface area (Å²) in [6, 6.07) is 7.77. The molecule has 158 valence electrons. The monoisotopic (exact) mass is 519 g/mol. The normalized spacial score (nSPS) is 16.4. The highest BCUT2D eigenvalue weighted by Gasteiger charge is 2.28. The fourth-order valence-corrected chi connectivity index (χ4v) is 4.02. The Balaban J connectivity index is 0.00000392. The van der Waals surface area contributed by atoms with Gasteiger partial charge in [-0.1, -0.05) is 12.1 Å². The van der Waals surface area contributed by atoms with E-state index in [2.05, 4.69) is 41.6 Å². The standard InChI is InChI=1S/C20H33N5OS.HI/c1-6-21-18(25-11-12-27-20(4,5)14-25)22-13-16-7-9-17(10-8-16)24-19(26)23-15(2)3;/h7-10,15H,6,11-14H2,1-5H3,(H,21,22)(H2,23,24,26);1H. The summed E-state index contributed by atoms with van der Waals surface area (Å²) in [5.41, 5.74) is 1.90. The lowest BCUT2D eigenvalue weighted by molar-refractivity contribution is 0.250. The SMILES string of the molecule is CCNC(=NCc1ccc(NC(=O)NC(C)C)cc1)N1CCSC(C)(C)C1.I. The smallest absolute Gasteiger partial charge is 0.319 e. The Kier molecular flexibility index (Phi) is 10.4. The third kappa shape index (κ3) is 8.46. The summed E-state index contributed by atoms with van der Waals surface area (Å²) in [5.74, 6) is 2.10. The minimum atomic E-state index is -0.184. The van der Waals surface area contributed by atoms with E-state index < -0.39 is 0 Å². The van der Waals surface area contributed by atoms with Crippen LogP contribution in [0.1, 0.15) is 40.2 Å². The van der Waals surface area contributed by atoms with E-state index in [1.807, 2.05) is 49.9 Å². The number of nitrogens with zero attached hydrogens (tertiary/aromatic N) is 2. The first kappa shape index (κ1) is 24.9. The van der Waals surface area contributed by atoms with E-state index in [-0.39, 0.29) is 40.8 Å². The maximum absolute atomic E-state index is 11.8. The third-order valence-electron chi connectivity index (χ3n) is 4.10. The van der Waals surface area contributed by atoms with Gasteiger partial charge in [-0.15, -0.1) is 24.0 Å². The molecule has 1 aromatic carbocycles.